The van der Waals surface area contributed by atoms with Gasteiger partial charge in [0.05, 0.1) is 18.5 Å². The third-order valence-corrected chi connectivity index (χ3v) is 6.53. The van der Waals surface area contributed by atoms with Crippen LogP contribution in [0.3, 0.4) is 0 Å². The fourth-order valence-corrected chi connectivity index (χ4v) is 4.28. The molecule has 10 nitrogen and oxygen atoms in total. The van der Waals surface area contributed by atoms with Crippen molar-refractivity contribution in [2.24, 2.45) is 0 Å². The Hall–Kier alpha value is -4.51. The highest BCUT2D eigenvalue weighted by Gasteiger charge is 2.15. The molecule has 1 aliphatic carbocycles. The number of allylic oxidation sites excluding steroid dienone is 3. The number of hydrogen-bond donors (Lipinski definition) is 3. The molecule has 4 rings (SSSR count). The molecule has 0 amide bonds. The lowest BCUT2D eigenvalue weighted by atomic mass is 10.1. The van der Waals surface area contributed by atoms with Crippen LogP contribution in [0.1, 0.15) is 17.5 Å². The van der Waals surface area contributed by atoms with Gasteiger partial charge in [0.25, 0.3) is 0 Å². The molecule has 37 heavy (non-hydrogen) atoms. The first kappa shape index (κ1) is 25.6. The molecule has 0 radical (unpaired) electrons. The van der Waals surface area contributed by atoms with E-state index in [1.807, 2.05) is 53.4 Å². The minimum absolute atomic E-state index is 0.129. The average Bonchev–Trinajstić information content (AvgIpc) is 2.89. The van der Waals surface area contributed by atoms with Gasteiger partial charge in [0.2, 0.25) is 16.2 Å². The summed E-state index contributed by atoms with van der Waals surface area (Å²) in [7, 11) is -0.659. The Morgan fingerprint density at radius 2 is 1.81 bits per heavy atom. The van der Waals surface area contributed by atoms with E-state index in [4.69, 9.17) is 26.7 Å². The number of nitrogens with zero attached hydrogens (tertiary/aromatic N) is 3. The van der Waals surface area contributed by atoms with Gasteiger partial charge in [0.15, 0.2) is 11.5 Å². The Bertz CT molecular complexity index is 1480. The van der Waals surface area contributed by atoms with Crippen LogP contribution in [0.5, 0.6) is 11.5 Å². The van der Waals surface area contributed by atoms with Crippen molar-refractivity contribution >= 4 is 38.3 Å². The summed E-state index contributed by atoms with van der Waals surface area (Å²) in [5, 5.41) is 0. The van der Waals surface area contributed by atoms with Gasteiger partial charge in [-0.1, -0.05) is 12.1 Å². The highest BCUT2D eigenvalue weighted by molar-refractivity contribution is 7.73. The Morgan fingerprint density at radius 3 is 2.46 bits per heavy atom. The van der Waals surface area contributed by atoms with E-state index in [1.165, 1.54) is 0 Å². The Morgan fingerprint density at radius 1 is 1.03 bits per heavy atom. The van der Waals surface area contributed by atoms with Crippen LogP contribution in [0.2, 0.25) is 0 Å². The number of nitrogen functional groups attached to an aromatic ring is 3. The molecule has 0 bridgehead atoms. The van der Waals surface area contributed by atoms with E-state index in [9.17, 15) is 8.42 Å². The van der Waals surface area contributed by atoms with Crippen molar-refractivity contribution < 1.29 is 17.9 Å². The zero-order valence-electron chi connectivity index (χ0n) is 20.3. The Labute approximate surface area is 216 Å². The van der Waals surface area contributed by atoms with Crippen LogP contribution in [0.25, 0.3) is 0 Å². The molecule has 0 saturated heterocycles. The summed E-state index contributed by atoms with van der Waals surface area (Å²) in [6.45, 7) is 0.814. The molecular formula is C26H28N6O4S. The van der Waals surface area contributed by atoms with Crippen LogP contribution in [0, 0.1) is 0 Å². The minimum Gasteiger partial charge on any atom is -0.493 e. The van der Waals surface area contributed by atoms with Crippen LogP contribution < -0.4 is 31.6 Å². The van der Waals surface area contributed by atoms with Crippen LogP contribution in [-0.4, -0.2) is 43.5 Å². The molecule has 11 heteroatoms. The van der Waals surface area contributed by atoms with Gasteiger partial charge in [-0.25, -0.2) is 4.98 Å². The summed E-state index contributed by atoms with van der Waals surface area (Å²) >= 11 is 0. The predicted molar refractivity (Wildman–Crippen MR) is 146 cm³/mol. The number of nitrogens with two attached hydrogens (primary N) is 3. The summed E-state index contributed by atoms with van der Waals surface area (Å²) in [6.07, 6.45) is 7.71. The SMILES string of the molecule is COc1ccc(Cc2cnc(N)nc2N)cc1OCCN(C1=CCC(=S(=O)=O)C=C1)c1ccc(N)cc1. The van der Waals surface area contributed by atoms with Gasteiger partial charge in [-0.3, -0.25) is 0 Å². The first-order valence-electron chi connectivity index (χ1n) is 11.5. The van der Waals surface area contributed by atoms with Crippen LogP contribution >= 0.6 is 0 Å². The van der Waals surface area contributed by atoms with Gasteiger partial charge in [0.1, 0.15) is 12.4 Å². The molecule has 2 aromatic carbocycles. The molecular weight excluding hydrogens is 492 g/mol. The lowest BCUT2D eigenvalue weighted by Gasteiger charge is -2.27. The highest BCUT2D eigenvalue weighted by atomic mass is 32.2. The van der Waals surface area contributed by atoms with E-state index in [0.29, 0.717) is 53.9 Å². The molecule has 1 heterocycles. The number of ether oxygens (including phenoxy) is 2. The van der Waals surface area contributed by atoms with Gasteiger partial charge in [0, 0.05) is 41.7 Å². The van der Waals surface area contributed by atoms with E-state index < -0.39 is 10.3 Å². The average molecular weight is 521 g/mol. The molecule has 0 unspecified atom stereocenters. The first-order chi connectivity index (χ1) is 17.8. The highest BCUT2D eigenvalue weighted by Crippen LogP contribution is 2.30. The summed E-state index contributed by atoms with van der Waals surface area (Å²) in [5.74, 6) is 1.64. The Balaban J connectivity index is 1.52. The van der Waals surface area contributed by atoms with Gasteiger partial charge in [-0.05, 0) is 54.1 Å². The number of rotatable bonds is 9. The van der Waals surface area contributed by atoms with E-state index in [1.54, 1.807) is 25.5 Å². The van der Waals surface area contributed by atoms with E-state index in [0.717, 1.165) is 22.5 Å². The molecule has 0 fully saturated rings. The summed E-state index contributed by atoms with van der Waals surface area (Å²) < 4.78 is 34.3. The number of aromatic nitrogens is 2. The third kappa shape index (κ3) is 6.39. The van der Waals surface area contributed by atoms with Crippen molar-refractivity contribution in [1.29, 1.82) is 0 Å². The Kier molecular flexibility index (Phi) is 7.94. The van der Waals surface area contributed by atoms with Crippen molar-refractivity contribution in [3.05, 3.63) is 83.7 Å². The second-order valence-electron chi connectivity index (χ2n) is 8.26. The van der Waals surface area contributed by atoms with Crippen molar-refractivity contribution in [3.63, 3.8) is 0 Å². The summed E-state index contributed by atoms with van der Waals surface area (Å²) in [4.78, 5) is 10.4. The minimum atomic E-state index is -2.24. The normalized spacial score (nSPS) is 12.7. The summed E-state index contributed by atoms with van der Waals surface area (Å²) in [5.41, 5.74) is 21.6. The summed E-state index contributed by atoms with van der Waals surface area (Å²) in [6, 6.07) is 13.1. The van der Waals surface area contributed by atoms with Crippen LogP contribution in [-0.2, 0) is 16.7 Å². The zero-order valence-corrected chi connectivity index (χ0v) is 21.1. The van der Waals surface area contributed by atoms with Crippen molar-refractivity contribution in [2.45, 2.75) is 12.8 Å². The largest absolute Gasteiger partial charge is 0.493 e. The molecule has 192 valence electrons. The molecule has 6 N–H and O–H groups in total. The maximum atomic E-state index is 11.3. The van der Waals surface area contributed by atoms with Gasteiger partial charge >= 0.3 is 0 Å². The van der Waals surface area contributed by atoms with Gasteiger partial charge < -0.3 is 31.6 Å². The van der Waals surface area contributed by atoms with Crippen molar-refractivity contribution in [3.8, 4) is 11.5 Å². The third-order valence-electron chi connectivity index (χ3n) is 5.79. The maximum Gasteiger partial charge on any atom is 0.221 e. The van der Waals surface area contributed by atoms with Gasteiger partial charge in [-0.15, -0.1) is 0 Å². The second-order valence-corrected chi connectivity index (χ2v) is 9.25. The standard InChI is InChI=1S/C26H28N6O4S/c1-35-23-11-2-17(14-18-16-30-26(29)31-25(18)28)15-24(23)36-13-12-32(20-5-3-19(27)4-6-20)21-7-9-22(10-8-21)37(33)34/h2-9,11,15-16H,10,12-14,27H2,1H3,(H4,28,29,30,31). The van der Waals surface area contributed by atoms with E-state index >= 15 is 0 Å². The molecule has 1 aromatic heterocycles. The zero-order chi connectivity index (χ0) is 26.4. The lowest BCUT2D eigenvalue weighted by Crippen LogP contribution is -2.28. The quantitative estimate of drug-likeness (QED) is 0.283. The number of anilines is 4. The smallest absolute Gasteiger partial charge is 0.221 e. The number of hydrogen-bond acceptors (Lipinski definition) is 10. The van der Waals surface area contributed by atoms with Crippen LogP contribution in [0.15, 0.2) is 72.6 Å². The number of methoxy groups -OCH3 is 1. The molecule has 0 aliphatic heterocycles. The van der Waals surface area contributed by atoms with Crippen LogP contribution in [0.4, 0.5) is 23.1 Å². The fraction of sp³-hybridized carbons (Fsp3) is 0.192. The van der Waals surface area contributed by atoms with E-state index in [-0.39, 0.29) is 5.95 Å². The topological polar surface area (TPSA) is 160 Å². The first-order valence-corrected chi connectivity index (χ1v) is 12.5. The molecule has 1 aliphatic rings. The van der Waals surface area contributed by atoms with Crippen molar-refractivity contribution in [2.75, 3.05) is 42.4 Å². The predicted octanol–water partition coefficient (Wildman–Crippen LogP) is 2.60. The molecule has 0 saturated carbocycles. The maximum absolute atomic E-state index is 11.3. The second kappa shape index (κ2) is 11.5. The molecule has 3 aromatic rings. The number of benzene rings is 2. The van der Waals surface area contributed by atoms with Gasteiger partial charge in [-0.2, -0.15) is 13.4 Å². The fourth-order valence-electron chi connectivity index (χ4n) is 3.89. The molecule has 0 atom stereocenters. The van der Waals surface area contributed by atoms with E-state index in [2.05, 4.69) is 9.97 Å². The van der Waals surface area contributed by atoms with Crippen molar-refractivity contribution in [1.82, 2.24) is 9.97 Å². The lowest BCUT2D eigenvalue weighted by molar-refractivity contribution is 0.301. The molecule has 0 spiro atoms. The monoisotopic (exact) mass is 520 g/mol.